The lowest BCUT2D eigenvalue weighted by molar-refractivity contribution is -0.160. The van der Waals surface area contributed by atoms with Crippen LogP contribution in [0.2, 0.25) is 0 Å². The molecule has 0 aromatic carbocycles. The molecule has 0 aromatic rings. The Morgan fingerprint density at radius 3 is 1.15 bits per heavy atom. The van der Waals surface area contributed by atoms with Gasteiger partial charge in [0.2, 0.25) is 0 Å². The van der Waals surface area contributed by atoms with Gasteiger partial charge in [-0.05, 0) is 129 Å². The van der Waals surface area contributed by atoms with Crippen LogP contribution in [0.4, 0.5) is 0 Å². The van der Waals surface area contributed by atoms with E-state index in [4.69, 9.17) is 47.4 Å². The van der Waals surface area contributed by atoms with E-state index in [1.807, 2.05) is 79.7 Å². The number of ether oxygens (including phenoxy) is 10. The Morgan fingerprint density at radius 2 is 0.809 bits per heavy atom. The van der Waals surface area contributed by atoms with Gasteiger partial charge in [-0.1, -0.05) is 91.8 Å². The zero-order chi connectivity index (χ0) is 69.7. The summed E-state index contributed by atoms with van der Waals surface area (Å²) < 4.78 is 61.5. The molecule has 2 fully saturated rings. The first-order valence-corrected chi connectivity index (χ1v) is 35.7. The van der Waals surface area contributed by atoms with E-state index in [9.17, 15) is 50.4 Å². The van der Waals surface area contributed by atoms with Gasteiger partial charge in [-0.2, -0.15) is 0 Å². The van der Waals surface area contributed by atoms with E-state index in [0.717, 1.165) is 25.7 Å². The Hall–Kier alpha value is -2.74. The van der Waals surface area contributed by atoms with Gasteiger partial charge in [0, 0.05) is 101 Å². The minimum atomic E-state index is -1.18. The number of aliphatic hydroxyl groups excluding tert-OH is 8. The van der Waals surface area contributed by atoms with Gasteiger partial charge < -0.3 is 88.2 Å². The van der Waals surface area contributed by atoms with Crippen molar-refractivity contribution in [1.29, 1.82) is 0 Å². The first kappa shape index (κ1) is 81.9. The largest absolute Gasteiger partial charge is 0.458 e. The average molecular weight is 1340 g/mol. The van der Waals surface area contributed by atoms with Gasteiger partial charge in [0.25, 0.3) is 0 Å². The molecule has 0 unspecified atom stereocenters. The Bertz CT molecular complexity index is 2160. The molecule has 20 nitrogen and oxygen atoms in total. The van der Waals surface area contributed by atoms with E-state index in [-0.39, 0.29) is 110 Å². The maximum absolute atomic E-state index is 14.2. The lowest BCUT2D eigenvalue weighted by Gasteiger charge is -2.38. The fraction of sp³-hybridized carbons (Fsp3) is 0.865. The van der Waals surface area contributed by atoms with Crippen LogP contribution in [-0.4, -0.2) is 216 Å². The molecule has 0 spiro atoms. The predicted molar refractivity (Wildman–Crippen MR) is 359 cm³/mol. The van der Waals surface area contributed by atoms with Gasteiger partial charge in [-0.15, -0.1) is 0 Å². The number of rotatable bonds is 16. The van der Waals surface area contributed by atoms with Crippen molar-refractivity contribution in [3.05, 3.63) is 47.6 Å². The standard InChI is InChI=1S/C74H128O20/c1-41(25-29-59-35-61(85-13)31-45(5)89-59)69(81)51(11)71-49(9)65(79)39-63(77)47(7)67(87-15)37-57-21-18-20-56(92-57)34-54(76)28-24-44(4)74(84)94-72(52(12)70(82)42(2)26-30-60-36-62(86-14)32-46(6)90-60)50(10)66(80)40-64(78)48(8)68(88-16)38-58-22-17-19-55(91-58)33-53(75)27-23-43(3)73(83)93-71/h17-20,23-24,41-42,45-72,75-82H,21-22,25-40H2,1-16H3/b43-23+,44-24+/t41-,42-,45-,46-,47-,48-,49-,50-,51-,52-,53-,54-,55-,56-,57-,58-,59-,60-,61-,62-,63-,64-,65+,66+,67-,68-,69-,70-,71-,72-/m0/s1. The van der Waals surface area contributed by atoms with Crippen molar-refractivity contribution in [2.24, 2.45) is 47.3 Å². The summed E-state index contributed by atoms with van der Waals surface area (Å²) in [6.07, 6.45) is 6.49. The highest BCUT2D eigenvalue weighted by atomic mass is 16.6. The van der Waals surface area contributed by atoms with E-state index < -0.39 is 133 Å². The number of hydrogen-bond donors (Lipinski definition) is 8. The first-order chi connectivity index (χ1) is 44.5. The topological polar surface area (TPSA) is 288 Å². The normalized spacial score (nSPS) is 41.4. The van der Waals surface area contributed by atoms with E-state index in [1.165, 1.54) is 0 Å². The fourth-order valence-corrected chi connectivity index (χ4v) is 15.0. The molecule has 94 heavy (non-hydrogen) atoms. The molecule has 0 radical (unpaired) electrons. The van der Waals surface area contributed by atoms with Crippen molar-refractivity contribution in [3.8, 4) is 0 Å². The highest BCUT2D eigenvalue weighted by molar-refractivity contribution is 5.88. The van der Waals surface area contributed by atoms with Crippen LogP contribution in [0.3, 0.4) is 0 Å². The first-order valence-electron chi connectivity index (χ1n) is 35.7. The SMILES string of the molecule is CO[C@@H]1C[C@H](CC[C@H](C)[C@H](O)[C@H](C)[C@H]2OC(=O)/C(C)=C/C[C@H](O)C[C@@H]3C=CC[C@@H](C[C@H](OC)[C@@H](C)[C@@H](O)C[C@@H](O)[C@H](C)[C@@H]([C@@H](C)[C@@H](O)[C@@H](C)CC[C@H]4C[C@@H](OC)C[C@H](C)O4)OC(=O)/C(C)=C/C[C@H](O)C[C@@H]4C=CC[C@@H](C[C@H](OC)[C@@H](C)[C@@H](O)C[C@@H](O)[C@@H]2C)O4)O3)O[C@@H](C)C1. The molecule has 0 saturated carbocycles. The summed E-state index contributed by atoms with van der Waals surface area (Å²) in [5.74, 6) is -5.62. The zero-order valence-electron chi connectivity index (χ0n) is 60.0. The van der Waals surface area contributed by atoms with E-state index in [2.05, 4.69) is 0 Å². The molecule has 5 aliphatic heterocycles. The fourth-order valence-electron chi connectivity index (χ4n) is 15.0. The second kappa shape index (κ2) is 40.5. The summed E-state index contributed by atoms with van der Waals surface area (Å²) in [5.41, 5.74) is 0.470. The van der Waals surface area contributed by atoms with Gasteiger partial charge in [0.05, 0.1) is 122 Å². The van der Waals surface area contributed by atoms with Crippen molar-refractivity contribution in [2.45, 2.75) is 333 Å². The summed E-state index contributed by atoms with van der Waals surface area (Å²) in [5, 5.41) is 94.8. The molecule has 0 aromatic heterocycles. The van der Waals surface area contributed by atoms with Crippen LogP contribution in [0, 0.1) is 47.3 Å². The Balaban J connectivity index is 1.38. The molecule has 0 amide bonds. The van der Waals surface area contributed by atoms with Gasteiger partial charge >= 0.3 is 11.9 Å². The van der Waals surface area contributed by atoms with Crippen LogP contribution in [0.25, 0.3) is 0 Å². The summed E-state index contributed by atoms with van der Waals surface area (Å²) in [7, 11) is 6.56. The highest BCUT2D eigenvalue weighted by Crippen LogP contribution is 2.37. The molecule has 5 aliphatic rings. The van der Waals surface area contributed by atoms with Gasteiger partial charge in [-0.3, -0.25) is 0 Å². The van der Waals surface area contributed by atoms with E-state index in [1.54, 1.807) is 68.3 Å². The summed E-state index contributed by atoms with van der Waals surface area (Å²) in [6.45, 7) is 22.1. The van der Waals surface area contributed by atoms with Crippen molar-refractivity contribution >= 4 is 11.9 Å². The highest BCUT2D eigenvalue weighted by Gasteiger charge is 2.43. The second-order valence-electron chi connectivity index (χ2n) is 29.5. The lowest BCUT2D eigenvalue weighted by Crippen LogP contribution is -2.46. The molecule has 20 heteroatoms. The third-order valence-electron chi connectivity index (χ3n) is 21.9. The third kappa shape index (κ3) is 25.5. The van der Waals surface area contributed by atoms with E-state index >= 15 is 0 Å². The van der Waals surface area contributed by atoms with Crippen LogP contribution in [0.1, 0.15) is 199 Å². The van der Waals surface area contributed by atoms with E-state index in [0.29, 0.717) is 51.4 Å². The molecule has 8 N–H and O–H groups in total. The Morgan fingerprint density at radius 1 is 0.457 bits per heavy atom. The molecule has 544 valence electrons. The maximum Gasteiger partial charge on any atom is 0.333 e. The van der Waals surface area contributed by atoms with Crippen LogP contribution < -0.4 is 0 Å². The maximum atomic E-state index is 14.2. The summed E-state index contributed by atoms with van der Waals surface area (Å²) >= 11 is 0. The average Bonchev–Trinajstić information content (AvgIpc) is 0.891. The molecular weight excluding hydrogens is 1210 g/mol. The monoisotopic (exact) mass is 1340 g/mol. The number of fused-ring (bicyclic) bond motifs is 4. The van der Waals surface area contributed by atoms with Crippen molar-refractivity contribution < 1.29 is 97.8 Å². The Labute approximate surface area is 563 Å². The molecule has 4 bridgehead atoms. The van der Waals surface area contributed by atoms with Gasteiger partial charge in [-0.25, -0.2) is 9.59 Å². The van der Waals surface area contributed by atoms with Crippen LogP contribution in [0.5, 0.6) is 0 Å². The van der Waals surface area contributed by atoms with Gasteiger partial charge in [0.15, 0.2) is 0 Å². The predicted octanol–water partition coefficient (Wildman–Crippen LogP) is 9.00. The molecule has 2 saturated heterocycles. The molecule has 5 heterocycles. The third-order valence-corrected chi connectivity index (χ3v) is 21.9. The summed E-state index contributed by atoms with van der Waals surface area (Å²) in [4.78, 5) is 28.4. The molecule has 0 aliphatic carbocycles. The summed E-state index contributed by atoms with van der Waals surface area (Å²) in [6, 6.07) is 0. The number of carbonyl (C=O) groups excluding carboxylic acids is 2. The molecular formula is C74H128O20. The smallest absolute Gasteiger partial charge is 0.333 e. The number of hydrogen-bond acceptors (Lipinski definition) is 20. The number of aliphatic hydroxyl groups is 8. The number of methoxy groups -OCH3 is 4. The van der Waals surface area contributed by atoms with Crippen LogP contribution >= 0.6 is 0 Å². The minimum Gasteiger partial charge on any atom is -0.458 e. The van der Waals surface area contributed by atoms with Crippen LogP contribution in [0.15, 0.2) is 47.6 Å². The van der Waals surface area contributed by atoms with Crippen LogP contribution in [-0.2, 0) is 57.0 Å². The zero-order valence-corrected chi connectivity index (χ0v) is 60.0. The lowest BCUT2D eigenvalue weighted by atomic mass is 9.78. The van der Waals surface area contributed by atoms with Gasteiger partial charge in [0.1, 0.15) is 12.2 Å². The quantitative estimate of drug-likeness (QED) is 0.0528. The minimum absolute atomic E-state index is 0.0361. The van der Waals surface area contributed by atoms with Crippen molar-refractivity contribution in [1.82, 2.24) is 0 Å². The van der Waals surface area contributed by atoms with Crippen molar-refractivity contribution in [2.75, 3.05) is 28.4 Å². The second-order valence-corrected chi connectivity index (χ2v) is 29.5. The molecule has 5 rings (SSSR count). The number of cyclic esters (lactones) is 2. The number of carbonyl (C=O) groups is 2. The number of esters is 2. The Kier molecular flexibility index (Phi) is 35.3. The molecule has 30 atom stereocenters. The van der Waals surface area contributed by atoms with Crippen molar-refractivity contribution in [3.63, 3.8) is 0 Å².